The molecule has 1 aromatic carbocycles. The van der Waals surface area contributed by atoms with E-state index in [-0.39, 0.29) is 0 Å². The fourth-order valence-electron chi connectivity index (χ4n) is 1.58. The Morgan fingerprint density at radius 3 is 1.88 bits per heavy atom. The van der Waals surface area contributed by atoms with E-state index < -0.39 is 0 Å². The largest absolute Gasteiger partial charge is 0.493 e. The number of benzene rings is 1. The molecular formula is C12H17BrO3. The highest BCUT2D eigenvalue weighted by Crippen LogP contribution is 2.38. The van der Waals surface area contributed by atoms with Crippen LogP contribution in [-0.2, 0) is 6.42 Å². The average Bonchev–Trinajstić information content (AvgIpc) is 2.26. The van der Waals surface area contributed by atoms with Crippen LogP contribution >= 0.6 is 15.9 Å². The lowest BCUT2D eigenvalue weighted by Crippen LogP contribution is -2.00. The molecule has 0 unspecified atom stereocenters. The number of hydrogen-bond donors (Lipinski definition) is 0. The van der Waals surface area contributed by atoms with Crippen molar-refractivity contribution in [2.24, 2.45) is 0 Å². The zero-order chi connectivity index (χ0) is 12.1. The van der Waals surface area contributed by atoms with Crippen molar-refractivity contribution in [2.45, 2.75) is 18.2 Å². The summed E-state index contributed by atoms with van der Waals surface area (Å²) in [5.41, 5.74) is 1.15. The Bertz CT molecular complexity index is 325. The molecule has 0 saturated carbocycles. The third-order valence-corrected chi connectivity index (χ3v) is 2.57. The molecular weight excluding hydrogens is 272 g/mol. The number of methoxy groups -OCH3 is 3. The Balaban J connectivity index is 3.15. The topological polar surface area (TPSA) is 27.7 Å². The maximum Gasteiger partial charge on any atom is 0.203 e. The third-order valence-electron chi connectivity index (χ3n) is 2.24. The molecule has 0 N–H and O–H groups in total. The van der Waals surface area contributed by atoms with Crippen molar-refractivity contribution in [3.63, 3.8) is 0 Å². The van der Waals surface area contributed by atoms with Gasteiger partial charge < -0.3 is 14.2 Å². The first-order valence-corrected chi connectivity index (χ1v) is 5.96. The molecule has 0 amide bonds. The molecule has 90 valence electrons. The predicted octanol–water partition coefficient (Wildman–Crippen LogP) is 3.04. The zero-order valence-electron chi connectivity index (χ0n) is 10.0. The van der Waals surface area contributed by atoms with Crippen LogP contribution < -0.4 is 14.2 Å². The molecule has 0 aliphatic heterocycles. The Morgan fingerprint density at radius 2 is 1.56 bits per heavy atom. The molecule has 0 fully saturated rings. The summed E-state index contributed by atoms with van der Waals surface area (Å²) >= 11 is 3.53. The van der Waals surface area contributed by atoms with Crippen LogP contribution in [0.3, 0.4) is 0 Å². The van der Waals surface area contributed by atoms with Gasteiger partial charge >= 0.3 is 0 Å². The highest BCUT2D eigenvalue weighted by Gasteiger charge is 2.13. The Labute approximate surface area is 105 Å². The lowest BCUT2D eigenvalue weighted by molar-refractivity contribution is 0.324. The number of hydrogen-bond acceptors (Lipinski definition) is 3. The van der Waals surface area contributed by atoms with Crippen LogP contribution in [0.25, 0.3) is 0 Å². The van der Waals surface area contributed by atoms with Gasteiger partial charge in [-0.25, -0.2) is 0 Å². The molecule has 1 rings (SSSR count). The van der Waals surface area contributed by atoms with E-state index in [1.54, 1.807) is 21.3 Å². The summed E-state index contributed by atoms with van der Waals surface area (Å²) in [6, 6.07) is 3.94. The first-order valence-electron chi connectivity index (χ1n) is 5.05. The molecule has 0 bridgehead atoms. The lowest BCUT2D eigenvalue weighted by Gasteiger charge is -2.14. The Hall–Kier alpha value is -0.900. The quantitative estimate of drug-likeness (QED) is 0.780. The third kappa shape index (κ3) is 3.04. The molecule has 4 heteroatoms. The minimum absolute atomic E-state index is 0.412. The van der Waals surface area contributed by atoms with Crippen LogP contribution in [0.5, 0.6) is 17.2 Å². The van der Waals surface area contributed by atoms with Gasteiger partial charge in [0.1, 0.15) is 0 Å². The van der Waals surface area contributed by atoms with Gasteiger partial charge in [-0.2, -0.15) is 0 Å². The summed E-state index contributed by atoms with van der Waals surface area (Å²) in [7, 11) is 4.85. The van der Waals surface area contributed by atoms with E-state index in [9.17, 15) is 0 Å². The minimum atomic E-state index is 0.412. The maximum absolute atomic E-state index is 5.28. The number of ether oxygens (including phenoxy) is 3. The lowest BCUT2D eigenvalue weighted by atomic mass is 10.1. The molecule has 0 radical (unpaired) electrons. The van der Waals surface area contributed by atoms with Gasteiger partial charge in [-0.05, 0) is 24.1 Å². The smallest absolute Gasteiger partial charge is 0.203 e. The van der Waals surface area contributed by atoms with E-state index in [1.807, 2.05) is 12.1 Å². The molecule has 1 aromatic rings. The van der Waals surface area contributed by atoms with Crippen molar-refractivity contribution in [2.75, 3.05) is 21.3 Å². The average molecular weight is 289 g/mol. The van der Waals surface area contributed by atoms with Crippen LogP contribution in [0.15, 0.2) is 12.1 Å². The molecule has 0 aliphatic rings. The summed E-state index contributed by atoms with van der Waals surface area (Å²) in [5, 5.41) is 0. The van der Waals surface area contributed by atoms with Gasteiger partial charge in [0, 0.05) is 4.83 Å². The summed E-state index contributed by atoms with van der Waals surface area (Å²) in [6.45, 7) is 2.10. The van der Waals surface area contributed by atoms with E-state index in [2.05, 4.69) is 22.9 Å². The molecule has 0 saturated heterocycles. The summed E-state index contributed by atoms with van der Waals surface area (Å²) in [6.07, 6.45) is 0.913. The fourth-order valence-corrected chi connectivity index (χ4v) is 1.95. The zero-order valence-corrected chi connectivity index (χ0v) is 11.6. The van der Waals surface area contributed by atoms with Gasteiger partial charge in [-0.1, -0.05) is 22.9 Å². The summed E-state index contributed by atoms with van der Waals surface area (Å²) in [4.78, 5) is 0.412. The summed E-state index contributed by atoms with van der Waals surface area (Å²) in [5.74, 6) is 2.03. The first kappa shape index (κ1) is 13.2. The maximum atomic E-state index is 5.28. The standard InChI is InChI=1S/C12H17BrO3/c1-8(13)5-9-6-10(14-2)12(16-4)11(7-9)15-3/h6-8H,5H2,1-4H3/t8-/m0/s1. The van der Waals surface area contributed by atoms with E-state index in [0.717, 1.165) is 12.0 Å². The number of rotatable bonds is 5. The fraction of sp³-hybridized carbons (Fsp3) is 0.500. The number of alkyl halides is 1. The van der Waals surface area contributed by atoms with Crippen molar-refractivity contribution in [1.29, 1.82) is 0 Å². The van der Waals surface area contributed by atoms with Crippen molar-refractivity contribution in [3.05, 3.63) is 17.7 Å². The minimum Gasteiger partial charge on any atom is -0.493 e. The second-order valence-electron chi connectivity index (χ2n) is 3.52. The molecule has 3 nitrogen and oxygen atoms in total. The number of halogens is 1. The summed E-state index contributed by atoms with van der Waals surface area (Å²) < 4.78 is 15.8. The van der Waals surface area contributed by atoms with Crippen LogP contribution in [0.1, 0.15) is 12.5 Å². The van der Waals surface area contributed by atoms with Gasteiger partial charge in [0.2, 0.25) is 5.75 Å². The Morgan fingerprint density at radius 1 is 1.06 bits per heavy atom. The Kier molecular flexibility index (Phi) is 4.93. The van der Waals surface area contributed by atoms with Crippen LogP contribution in [0, 0.1) is 0 Å². The molecule has 1 atom stereocenters. The van der Waals surface area contributed by atoms with Crippen molar-refractivity contribution < 1.29 is 14.2 Å². The van der Waals surface area contributed by atoms with E-state index in [0.29, 0.717) is 22.1 Å². The van der Waals surface area contributed by atoms with E-state index >= 15 is 0 Å². The van der Waals surface area contributed by atoms with Gasteiger partial charge in [-0.3, -0.25) is 0 Å². The van der Waals surface area contributed by atoms with Gasteiger partial charge in [0.25, 0.3) is 0 Å². The van der Waals surface area contributed by atoms with Crippen molar-refractivity contribution >= 4 is 15.9 Å². The second-order valence-corrected chi connectivity index (χ2v) is 5.08. The predicted molar refractivity (Wildman–Crippen MR) is 68.2 cm³/mol. The van der Waals surface area contributed by atoms with Gasteiger partial charge in [0.15, 0.2) is 11.5 Å². The molecule has 0 aromatic heterocycles. The second kappa shape index (κ2) is 5.99. The monoisotopic (exact) mass is 288 g/mol. The highest BCUT2D eigenvalue weighted by atomic mass is 79.9. The molecule has 0 aliphatic carbocycles. The molecule has 16 heavy (non-hydrogen) atoms. The van der Waals surface area contributed by atoms with Crippen LogP contribution in [0.2, 0.25) is 0 Å². The van der Waals surface area contributed by atoms with E-state index in [4.69, 9.17) is 14.2 Å². The van der Waals surface area contributed by atoms with Crippen LogP contribution in [0.4, 0.5) is 0 Å². The van der Waals surface area contributed by atoms with Crippen molar-refractivity contribution in [3.8, 4) is 17.2 Å². The first-order chi connectivity index (χ1) is 7.62. The van der Waals surface area contributed by atoms with Crippen molar-refractivity contribution in [1.82, 2.24) is 0 Å². The van der Waals surface area contributed by atoms with Gasteiger partial charge in [-0.15, -0.1) is 0 Å². The molecule has 0 heterocycles. The highest BCUT2D eigenvalue weighted by molar-refractivity contribution is 9.09. The SMILES string of the molecule is COc1cc(C[C@H](C)Br)cc(OC)c1OC. The van der Waals surface area contributed by atoms with E-state index in [1.165, 1.54) is 0 Å². The van der Waals surface area contributed by atoms with Gasteiger partial charge in [0.05, 0.1) is 21.3 Å². The van der Waals surface area contributed by atoms with Crippen LogP contribution in [-0.4, -0.2) is 26.2 Å². The molecule has 0 spiro atoms. The normalized spacial score (nSPS) is 12.1.